The van der Waals surface area contributed by atoms with Crippen LogP contribution in [0.25, 0.3) is 0 Å². The third kappa shape index (κ3) is 2.56. The highest BCUT2D eigenvalue weighted by molar-refractivity contribution is 6.29. The van der Waals surface area contributed by atoms with E-state index in [1.165, 1.54) is 6.92 Å². The van der Waals surface area contributed by atoms with E-state index in [1.807, 2.05) is 0 Å². The number of carbonyl (C=O) groups excluding carboxylic acids is 1. The Morgan fingerprint density at radius 2 is 2.35 bits per heavy atom. The summed E-state index contributed by atoms with van der Waals surface area (Å²) in [4.78, 5) is 15.5. The van der Waals surface area contributed by atoms with E-state index in [9.17, 15) is 4.79 Å². The second kappa shape index (κ2) is 4.34. The fourth-order valence-corrected chi connectivity index (χ4v) is 1.73. The molecule has 1 saturated carbocycles. The van der Waals surface area contributed by atoms with Crippen LogP contribution in [0.3, 0.4) is 0 Å². The van der Waals surface area contributed by atoms with Crippen molar-refractivity contribution in [2.24, 2.45) is 5.41 Å². The SMILES string of the molecule is CC(=O)c1ccc(Cl)nc1NCC1(C#N)CC1. The Kier molecular flexibility index (Phi) is 3.03. The van der Waals surface area contributed by atoms with Gasteiger partial charge >= 0.3 is 0 Å². The van der Waals surface area contributed by atoms with Gasteiger partial charge in [0.1, 0.15) is 11.0 Å². The molecule has 88 valence electrons. The van der Waals surface area contributed by atoms with Gasteiger partial charge in [-0.05, 0) is 31.9 Å². The first-order chi connectivity index (χ1) is 8.06. The first-order valence-corrected chi connectivity index (χ1v) is 5.77. The molecule has 0 bridgehead atoms. The van der Waals surface area contributed by atoms with Crippen molar-refractivity contribution in [2.45, 2.75) is 19.8 Å². The summed E-state index contributed by atoms with van der Waals surface area (Å²) >= 11 is 5.79. The Bertz CT molecular complexity index is 503. The average molecular weight is 250 g/mol. The first-order valence-electron chi connectivity index (χ1n) is 5.39. The predicted molar refractivity (Wildman–Crippen MR) is 65.0 cm³/mol. The van der Waals surface area contributed by atoms with E-state index < -0.39 is 0 Å². The van der Waals surface area contributed by atoms with Crippen molar-refractivity contribution < 1.29 is 4.79 Å². The van der Waals surface area contributed by atoms with Crippen molar-refractivity contribution in [3.63, 3.8) is 0 Å². The summed E-state index contributed by atoms with van der Waals surface area (Å²) in [7, 11) is 0. The summed E-state index contributed by atoms with van der Waals surface area (Å²) in [5.41, 5.74) is 0.223. The number of pyridine rings is 1. The predicted octanol–water partition coefficient (Wildman–Crippen LogP) is 2.65. The number of halogens is 1. The molecule has 2 rings (SSSR count). The lowest BCUT2D eigenvalue weighted by Gasteiger charge is -2.11. The highest BCUT2D eigenvalue weighted by Gasteiger charge is 2.43. The maximum Gasteiger partial charge on any atom is 0.163 e. The van der Waals surface area contributed by atoms with E-state index in [1.54, 1.807) is 12.1 Å². The van der Waals surface area contributed by atoms with Gasteiger partial charge in [-0.2, -0.15) is 5.26 Å². The smallest absolute Gasteiger partial charge is 0.163 e. The van der Waals surface area contributed by atoms with Crippen LogP contribution in [0.5, 0.6) is 0 Å². The number of nitrogens with one attached hydrogen (secondary N) is 1. The van der Waals surface area contributed by atoms with Crippen LogP contribution in [-0.4, -0.2) is 17.3 Å². The Morgan fingerprint density at radius 3 is 2.88 bits per heavy atom. The number of hydrogen-bond donors (Lipinski definition) is 1. The van der Waals surface area contributed by atoms with Gasteiger partial charge < -0.3 is 5.32 Å². The molecule has 0 aliphatic heterocycles. The zero-order chi connectivity index (χ0) is 12.5. The molecule has 0 saturated heterocycles. The summed E-state index contributed by atoms with van der Waals surface area (Å²) in [6.45, 7) is 1.99. The van der Waals surface area contributed by atoms with E-state index in [-0.39, 0.29) is 11.2 Å². The van der Waals surface area contributed by atoms with Crippen LogP contribution < -0.4 is 5.32 Å². The number of aromatic nitrogens is 1. The van der Waals surface area contributed by atoms with E-state index in [0.29, 0.717) is 23.1 Å². The van der Waals surface area contributed by atoms with Crippen LogP contribution in [0.1, 0.15) is 30.1 Å². The largest absolute Gasteiger partial charge is 0.368 e. The van der Waals surface area contributed by atoms with Gasteiger partial charge in [-0.1, -0.05) is 11.6 Å². The van der Waals surface area contributed by atoms with Gasteiger partial charge in [0.2, 0.25) is 0 Å². The van der Waals surface area contributed by atoms with Crippen molar-refractivity contribution in [3.05, 3.63) is 22.8 Å². The molecular weight excluding hydrogens is 238 g/mol. The Morgan fingerprint density at radius 1 is 1.65 bits per heavy atom. The standard InChI is InChI=1S/C12H12ClN3O/c1-8(17)9-2-3-10(13)16-11(9)15-7-12(6-14)4-5-12/h2-3H,4-5,7H2,1H3,(H,15,16). The molecule has 1 fully saturated rings. The molecule has 1 heterocycles. The number of carbonyl (C=O) groups is 1. The number of nitriles is 1. The number of hydrogen-bond acceptors (Lipinski definition) is 4. The molecule has 0 aromatic carbocycles. The lowest BCUT2D eigenvalue weighted by Crippen LogP contribution is -2.16. The highest BCUT2D eigenvalue weighted by Crippen LogP contribution is 2.44. The zero-order valence-corrected chi connectivity index (χ0v) is 10.2. The Balaban J connectivity index is 2.17. The van der Waals surface area contributed by atoms with Gasteiger partial charge in [-0.25, -0.2) is 4.98 Å². The van der Waals surface area contributed by atoms with Gasteiger partial charge in [0, 0.05) is 6.54 Å². The first kappa shape index (κ1) is 11.9. The minimum atomic E-state index is -0.280. The number of nitrogens with zero attached hydrogens (tertiary/aromatic N) is 2. The maximum atomic E-state index is 11.4. The molecule has 0 radical (unpaired) electrons. The van der Waals surface area contributed by atoms with Crippen molar-refractivity contribution in [1.29, 1.82) is 5.26 Å². The minimum absolute atomic E-state index is 0.0709. The quantitative estimate of drug-likeness (QED) is 0.658. The summed E-state index contributed by atoms with van der Waals surface area (Å²) < 4.78 is 0. The Labute approximate surface area is 105 Å². The van der Waals surface area contributed by atoms with E-state index in [0.717, 1.165) is 12.8 Å². The van der Waals surface area contributed by atoms with Crippen LogP contribution in [0, 0.1) is 16.7 Å². The lowest BCUT2D eigenvalue weighted by atomic mass is 10.1. The Hall–Kier alpha value is -1.60. The molecule has 0 amide bonds. The van der Waals surface area contributed by atoms with E-state index in [2.05, 4.69) is 16.4 Å². The topological polar surface area (TPSA) is 65.8 Å². The molecule has 1 aliphatic rings. The summed E-state index contributed by atoms with van der Waals surface area (Å²) in [6, 6.07) is 5.51. The molecule has 5 heteroatoms. The van der Waals surface area contributed by atoms with Crippen molar-refractivity contribution >= 4 is 23.2 Å². The fraction of sp³-hybridized carbons (Fsp3) is 0.417. The summed E-state index contributed by atoms with van der Waals surface area (Å²) in [5.74, 6) is 0.394. The average Bonchev–Trinajstić information content (AvgIpc) is 3.07. The van der Waals surface area contributed by atoms with Crippen molar-refractivity contribution in [2.75, 3.05) is 11.9 Å². The van der Waals surface area contributed by atoms with Gasteiger partial charge in [0.05, 0.1) is 17.0 Å². The normalized spacial score (nSPS) is 16.1. The molecule has 1 N–H and O–H groups in total. The molecule has 1 aromatic heterocycles. The molecule has 0 atom stereocenters. The fourth-order valence-electron chi connectivity index (χ4n) is 1.59. The minimum Gasteiger partial charge on any atom is -0.368 e. The van der Waals surface area contributed by atoms with Crippen LogP contribution >= 0.6 is 11.6 Å². The molecule has 1 aromatic rings. The van der Waals surface area contributed by atoms with Crippen LogP contribution in [0.15, 0.2) is 12.1 Å². The van der Waals surface area contributed by atoms with Crippen LogP contribution in [-0.2, 0) is 0 Å². The second-order valence-electron chi connectivity index (χ2n) is 4.33. The molecule has 4 nitrogen and oxygen atoms in total. The van der Waals surface area contributed by atoms with Crippen molar-refractivity contribution in [3.8, 4) is 6.07 Å². The number of anilines is 1. The van der Waals surface area contributed by atoms with Crippen LogP contribution in [0.4, 0.5) is 5.82 Å². The van der Waals surface area contributed by atoms with Gasteiger partial charge in [-0.15, -0.1) is 0 Å². The molecule has 0 spiro atoms. The molecule has 1 aliphatic carbocycles. The second-order valence-corrected chi connectivity index (χ2v) is 4.72. The van der Waals surface area contributed by atoms with Crippen LogP contribution in [0.2, 0.25) is 5.15 Å². The maximum absolute atomic E-state index is 11.4. The third-order valence-corrected chi connectivity index (χ3v) is 3.14. The number of ketones is 1. The van der Waals surface area contributed by atoms with E-state index >= 15 is 0 Å². The highest BCUT2D eigenvalue weighted by atomic mass is 35.5. The van der Waals surface area contributed by atoms with Gasteiger partial charge in [0.25, 0.3) is 0 Å². The molecule has 0 unspecified atom stereocenters. The number of rotatable bonds is 4. The molecular formula is C12H12ClN3O. The monoisotopic (exact) mass is 249 g/mol. The van der Waals surface area contributed by atoms with Crippen molar-refractivity contribution in [1.82, 2.24) is 4.98 Å². The van der Waals surface area contributed by atoms with E-state index in [4.69, 9.17) is 16.9 Å². The summed E-state index contributed by atoms with van der Waals surface area (Å²) in [5, 5.41) is 12.3. The number of Topliss-reactive ketones (excluding diaryl/α,β-unsaturated/α-hetero) is 1. The molecule has 17 heavy (non-hydrogen) atoms. The lowest BCUT2D eigenvalue weighted by molar-refractivity contribution is 0.101. The third-order valence-electron chi connectivity index (χ3n) is 2.93. The summed E-state index contributed by atoms with van der Waals surface area (Å²) in [6.07, 6.45) is 1.79. The van der Waals surface area contributed by atoms with Gasteiger partial charge in [-0.3, -0.25) is 4.79 Å². The van der Waals surface area contributed by atoms with Gasteiger partial charge in [0.15, 0.2) is 5.78 Å². The zero-order valence-electron chi connectivity index (χ0n) is 9.46.